The minimum Gasteiger partial charge on any atom is -0.497 e. The van der Waals surface area contributed by atoms with Gasteiger partial charge in [0, 0.05) is 13.6 Å². The summed E-state index contributed by atoms with van der Waals surface area (Å²) < 4.78 is 52.2. The van der Waals surface area contributed by atoms with E-state index in [9.17, 15) is 17.6 Å². The fourth-order valence-corrected chi connectivity index (χ4v) is 4.32. The van der Waals surface area contributed by atoms with E-state index >= 15 is 0 Å². The first-order valence-corrected chi connectivity index (χ1v) is 11.6. The van der Waals surface area contributed by atoms with Crippen LogP contribution in [-0.4, -0.2) is 39.4 Å². The lowest BCUT2D eigenvalue weighted by Crippen LogP contribution is -2.26. The molecule has 9 heteroatoms. The largest absolute Gasteiger partial charge is 0.497 e. The van der Waals surface area contributed by atoms with Crippen molar-refractivity contribution in [1.29, 1.82) is 0 Å². The summed E-state index contributed by atoms with van der Waals surface area (Å²) in [5.74, 6) is -0.448. The highest BCUT2D eigenvalue weighted by molar-refractivity contribution is 7.89. The van der Waals surface area contributed by atoms with Crippen LogP contribution in [0.3, 0.4) is 0 Å². The van der Waals surface area contributed by atoms with Gasteiger partial charge in [-0.3, -0.25) is 4.79 Å². The number of rotatable bonds is 9. The number of hydrogen-bond donors (Lipinski definition) is 1. The second-order valence-electron chi connectivity index (χ2n) is 7.13. The van der Waals surface area contributed by atoms with Gasteiger partial charge in [-0.25, -0.2) is 12.8 Å². The predicted octanol–water partition coefficient (Wildman–Crippen LogP) is 4.31. The number of hydrogen-bond acceptors (Lipinski definition) is 5. The molecule has 0 spiro atoms. The molecule has 0 aromatic heterocycles. The molecular formula is C24H25FN2O5S. The van der Waals surface area contributed by atoms with E-state index in [-0.39, 0.29) is 28.4 Å². The van der Waals surface area contributed by atoms with Crippen LogP contribution >= 0.6 is 0 Å². The van der Waals surface area contributed by atoms with Crippen molar-refractivity contribution in [3.8, 4) is 11.5 Å². The zero-order chi connectivity index (χ0) is 24.0. The van der Waals surface area contributed by atoms with Crippen molar-refractivity contribution in [1.82, 2.24) is 4.31 Å². The van der Waals surface area contributed by atoms with Crippen molar-refractivity contribution in [2.45, 2.75) is 18.4 Å². The van der Waals surface area contributed by atoms with Gasteiger partial charge in [0.2, 0.25) is 10.0 Å². The van der Waals surface area contributed by atoms with E-state index in [0.29, 0.717) is 12.4 Å². The van der Waals surface area contributed by atoms with Gasteiger partial charge in [0.1, 0.15) is 17.3 Å². The molecule has 3 aromatic rings. The first kappa shape index (κ1) is 24.2. The Bertz CT molecular complexity index is 1230. The van der Waals surface area contributed by atoms with Crippen molar-refractivity contribution in [2.24, 2.45) is 0 Å². The van der Waals surface area contributed by atoms with Crippen LogP contribution in [0.5, 0.6) is 11.5 Å². The Kier molecular flexibility index (Phi) is 7.67. The molecule has 0 saturated heterocycles. The number of benzene rings is 3. The number of methoxy groups -OCH3 is 1. The molecule has 0 aliphatic carbocycles. The minimum atomic E-state index is -3.89. The topological polar surface area (TPSA) is 84.9 Å². The molecule has 3 rings (SSSR count). The number of carbonyl (C=O) groups excluding carboxylic acids is 1. The van der Waals surface area contributed by atoms with Crippen LogP contribution < -0.4 is 14.8 Å². The number of nitrogens with zero attached hydrogens (tertiary/aromatic N) is 1. The number of halogens is 1. The zero-order valence-electron chi connectivity index (χ0n) is 18.5. The maximum absolute atomic E-state index is 14.0. The van der Waals surface area contributed by atoms with Crippen molar-refractivity contribution >= 4 is 21.6 Å². The van der Waals surface area contributed by atoms with Crippen LogP contribution in [0.4, 0.5) is 10.1 Å². The molecule has 7 nitrogen and oxygen atoms in total. The summed E-state index contributed by atoms with van der Waals surface area (Å²) in [6.07, 6.45) is 0. The molecule has 174 valence electrons. The van der Waals surface area contributed by atoms with Crippen molar-refractivity contribution in [3.05, 3.63) is 83.7 Å². The summed E-state index contributed by atoms with van der Waals surface area (Å²) in [4.78, 5) is 12.6. The smallest absolute Gasteiger partial charge is 0.258 e. The molecule has 3 aromatic carbocycles. The first-order chi connectivity index (χ1) is 15.8. The van der Waals surface area contributed by atoms with Gasteiger partial charge >= 0.3 is 0 Å². The summed E-state index contributed by atoms with van der Waals surface area (Å²) in [5, 5.41) is 2.57. The van der Waals surface area contributed by atoms with E-state index in [0.717, 1.165) is 5.56 Å². The Hall–Kier alpha value is -3.43. The average molecular weight is 473 g/mol. The summed E-state index contributed by atoms with van der Waals surface area (Å²) in [5.41, 5.74) is 0.745. The number of nitrogens with one attached hydrogen (secondary N) is 1. The van der Waals surface area contributed by atoms with E-state index in [1.807, 2.05) is 0 Å². The normalized spacial score (nSPS) is 11.3. The Morgan fingerprint density at radius 2 is 1.76 bits per heavy atom. The molecule has 0 bridgehead atoms. The highest BCUT2D eigenvalue weighted by Gasteiger charge is 2.23. The highest BCUT2D eigenvalue weighted by atomic mass is 32.2. The van der Waals surface area contributed by atoms with E-state index < -0.39 is 21.7 Å². The quantitative estimate of drug-likeness (QED) is 0.502. The number of carbonyl (C=O) groups is 1. The van der Waals surface area contributed by atoms with E-state index in [1.54, 1.807) is 38.3 Å². The molecule has 0 heterocycles. The lowest BCUT2D eigenvalue weighted by molar-refractivity contribution is 0.102. The van der Waals surface area contributed by atoms with Crippen LogP contribution in [-0.2, 0) is 16.6 Å². The fourth-order valence-electron chi connectivity index (χ4n) is 3.14. The van der Waals surface area contributed by atoms with Gasteiger partial charge < -0.3 is 14.8 Å². The fraction of sp³-hybridized carbons (Fsp3) is 0.208. The predicted molar refractivity (Wildman–Crippen MR) is 124 cm³/mol. The maximum atomic E-state index is 14.0. The van der Waals surface area contributed by atoms with Gasteiger partial charge in [0.05, 0.1) is 29.9 Å². The second kappa shape index (κ2) is 10.5. The van der Waals surface area contributed by atoms with Crippen molar-refractivity contribution in [2.75, 3.05) is 26.1 Å². The first-order valence-electron chi connectivity index (χ1n) is 10.2. The van der Waals surface area contributed by atoms with Crippen LogP contribution in [0.1, 0.15) is 22.8 Å². The maximum Gasteiger partial charge on any atom is 0.258 e. The summed E-state index contributed by atoms with van der Waals surface area (Å²) in [6, 6.07) is 16.8. The SMILES string of the molecule is CCOc1ccc(S(=O)(=O)N(C)Cc2ccc(OC)cc2)cc1NC(=O)c1ccccc1F. The van der Waals surface area contributed by atoms with Gasteiger partial charge in [-0.2, -0.15) is 4.31 Å². The van der Waals surface area contributed by atoms with E-state index in [1.165, 1.54) is 53.8 Å². The summed E-state index contributed by atoms with van der Waals surface area (Å²) >= 11 is 0. The molecule has 0 aliphatic rings. The Balaban J connectivity index is 1.88. The van der Waals surface area contributed by atoms with Gasteiger partial charge in [0.15, 0.2) is 0 Å². The molecule has 33 heavy (non-hydrogen) atoms. The van der Waals surface area contributed by atoms with Crippen LogP contribution in [0, 0.1) is 5.82 Å². The lowest BCUT2D eigenvalue weighted by atomic mass is 10.2. The Labute approximate surface area is 192 Å². The van der Waals surface area contributed by atoms with E-state index in [4.69, 9.17) is 9.47 Å². The number of sulfonamides is 1. The molecule has 1 N–H and O–H groups in total. The molecule has 0 radical (unpaired) electrons. The second-order valence-corrected chi connectivity index (χ2v) is 9.18. The molecule has 0 fully saturated rings. The number of ether oxygens (including phenoxy) is 2. The van der Waals surface area contributed by atoms with Gasteiger partial charge in [0.25, 0.3) is 5.91 Å². The van der Waals surface area contributed by atoms with Crippen molar-refractivity contribution in [3.63, 3.8) is 0 Å². The number of anilines is 1. The van der Waals surface area contributed by atoms with Gasteiger partial charge in [-0.15, -0.1) is 0 Å². The third kappa shape index (κ3) is 5.68. The monoisotopic (exact) mass is 472 g/mol. The van der Waals surface area contributed by atoms with Crippen LogP contribution in [0.15, 0.2) is 71.6 Å². The number of amides is 1. The molecular weight excluding hydrogens is 447 g/mol. The molecule has 0 saturated carbocycles. The third-order valence-corrected chi connectivity index (χ3v) is 6.69. The van der Waals surface area contributed by atoms with Gasteiger partial charge in [-0.05, 0) is 55.0 Å². The molecule has 0 aliphatic heterocycles. The van der Waals surface area contributed by atoms with Crippen LogP contribution in [0.2, 0.25) is 0 Å². The summed E-state index contributed by atoms with van der Waals surface area (Å²) in [6.45, 7) is 2.19. The average Bonchev–Trinajstić information content (AvgIpc) is 2.81. The van der Waals surface area contributed by atoms with E-state index in [2.05, 4.69) is 5.32 Å². The molecule has 1 amide bonds. The minimum absolute atomic E-state index is 0.0363. The lowest BCUT2D eigenvalue weighted by Gasteiger charge is -2.19. The third-order valence-electron chi connectivity index (χ3n) is 4.89. The standard InChI is InChI=1S/C24H25FN2O5S/c1-4-32-23-14-13-19(15-22(23)26-24(28)20-7-5-6-8-21(20)25)33(29,30)27(2)16-17-9-11-18(31-3)12-10-17/h5-15H,4,16H2,1-3H3,(H,26,28). The Morgan fingerprint density at radius 1 is 1.06 bits per heavy atom. The Morgan fingerprint density at radius 3 is 2.39 bits per heavy atom. The van der Waals surface area contributed by atoms with Crippen molar-refractivity contribution < 1.29 is 27.1 Å². The molecule has 0 atom stereocenters. The van der Waals surface area contributed by atoms with Crippen LogP contribution in [0.25, 0.3) is 0 Å². The highest BCUT2D eigenvalue weighted by Crippen LogP contribution is 2.30. The molecule has 0 unspecified atom stereocenters. The summed E-state index contributed by atoms with van der Waals surface area (Å²) in [7, 11) is -0.873. The van der Waals surface area contributed by atoms with Gasteiger partial charge in [-0.1, -0.05) is 24.3 Å². The zero-order valence-corrected chi connectivity index (χ0v) is 19.4.